The van der Waals surface area contributed by atoms with Gasteiger partial charge < -0.3 is 4.90 Å². The average Bonchev–Trinajstić information content (AvgIpc) is 2.58. The van der Waals surface area contributed by atoms with Gasteiger partial charge in [0.1, 0.15) is 0 Å². The smallest absolute Gasteiger partial charge is 0.0234 e. The van der Waals surface area contributed by atoms with Crippen molar-refractivity contribution >= 4 is 11.8 Å². The van der Waals surface area contributed by atoms with Crippen LogP contribution in [0.5, 0.6) is 0 Å². The zero-order valence-corrected chi connectivity index (χ0v) is 14.5. The molecule has 0 spiro atoms. The molecular weight excluding hydrogens is 288 g/mol. The molecule has 1 aliphatic carbocycles. The number of rotatable bonds is 5. The Hall–Kier alpha value is -0.770. The van der Waals surface area contributed by atoms with Gasteiger partial charge in [0.15, 0.2) is 0 Å². The lowest BCUT2D eigenvalue weighted by Crippen LogP contribution is -2.47. The maximum absolute atomic E-state index is 2.68. The fourth-order valence-corrected chi connectivity index (χ4v) is 3.91. The van der Waals surface area contributed by atoms with E-state index in [0.717, 1.165) is 12.5 Å². The summed E-state index contributed by atoms with van der Waals surface area (Å²) >= 11 is 1.82. The fourth-order valence-electron chi connectivity index (χ4n) is 3.51. The summed E-state index contributed by atoms with van der Waals surface area (Å²) in [6.45, 7) is 7.32. The number of hydrogen-bond acceptors (Lipinski definition) is 3. The van der Waals surface area contributed by atoms with Gasteiger partial charge in [-0.05, 0) is 49.1 Å². The van der Waals surface area contributed by atoms with Crippen molar-refractivity contribution in [3.63, 3.8) is 0 Å². The quantitative estimate of drug-likeness (QED) is 0.601. The summed E-state index contributed by atoms with van der Waals surface area (Å²) in [5, 5.41) is 0. The molecule has 22 heavy (non-hydrogen) atoms. The summed E-state index contributed by atoms with van der Waals surface area (Å²) in [6, 6.07) is 9.05. The van der Waals surface area contributed by atoms with Crippen LogP contribution in [0, 0.1) is 5.92 Å². The molecule has 0 unspecified atom stereocenters. The highest BCUT2D eigenvalue weighted by Gasteiger charge is 2.20. The van der Waals surface area contributed by atoms with E-state index in [0.29, 0.717) is 0 Å². The fraction of sp³-hybridized carbons (Fsp3) is 0.579. The first kappa shape index (κ1) is 16.1. The molecule has 1 fully saturated rings. The van der Waals surface area contributed by atoms with Gasteiger partial charge in [-0.1, -0.05) is 24.3 Å². The molecule has 3 rings (SSSR count). The summed E-state index contributed by atoms with van der Waals surface area (Å²) in [5.74, 6) is 0.899. The molecule has 1 saturated heterocycles. The van der Waals surface area contributed by atoms with Crippen LogP contribution in [0.1, 0.15) is 24.8 Å². The molecule has 0 saturated carbocycles. The van der Waals surface area contributed by atoms with Gasteiger partial charge in [-0.25, -0.2) is 0 Å². The molecule has 0 N–H and O–H groups in total. The zero-order chi connectivity index (χ0) is 15.2. The predicted octanol–water partition coefficient (Wildman–Crippen LogP) is 3.88. The van der Waals surface area contributed by atoms with Gasteiger partial charge in [0.2, 0.25) is 0 Å². The van der Waals surface area contributed by atoms with Crippen molar-refractivity contribution in [1.29, 1.82) is 0 Å². The Bertz CT molecular complexity index is 475. The molecule has 0 radical (unpaired) electrons. The molecule has 2 aliphatic rings. The van der Waals surface area contributed by atoms with Crippen LogP contribution >= 0.6 is 11.8 Å². The third-order valence-corrected chi connectivity index (χ3v) is 5.67. The first-order valence-corrected chi connectivity index (χ1v) is 9.78. The van der Waals surface area contributed by atoms with E-state index >= 15 is 0 Å². The number of thioether (sulfide) groups is 1. The molecule has 0 aromatic heterocycles. The zero-order valence-electron chi connectivity index (χ0n) is 13.7. The van der Waals surface area contributed by atoms with Gasteiger partial charge in [0, 0.05) is 44.2 Å². The van der Waals surface area contributed by atoms with Gasteiger partial charge in [-0.15, -0.1) is 11.8 Å². The van der Waals surface area contributed by atoms with Crippen LogP contribution in [0.4, 0.5) is 0 Å². The summed E-state index contributed by atoms with van der Waals surface area (Å²) in [4.78, 5) is 6.64. The average molecular weight is 317 g/mol. The number of hydrogen-bond donors (Lipinski definition) is 0. The van der Waals surface area contributed by atoms with E-state index in [2.05, 4.69) is 52.5 Å². The highest BCUT2D eigenvalue weighted by molar-refractivity contribution is 7.98. The van der Waals surface area contributed by atoms with Crippen LogP contribution in [0.2, 0.25) is 0 Å². The van der Waals surface area contributed by atoms with E-state index in [1.807, 2.05) is 11.8 Å². The maximum atomic E-state index is 2.68. The summed E-state index contributed by atoms with van der Waals surface area (Å²) in [6.07, 6.45) is 10.8. The lowest BCUT2D eigenvalue weighted by molar-refractivity contribution is 0.111. The largest absolute Gasteiger partial charge is 0.301 e. The number of piperazine rings is 1. The Morgan fingerprint density at radius 3 is 2.36 bits per heavy atom. The molecule has 1 atom stereocenters. The normalized spacial score (nSPS) is 23.8. The van der Waals surface area contributed by atoms with E-state index in [4.69, 9.17) is 0 Å². The Kier molecular flexibility index (Phi) is 5.99. The first-order valence-electron chi connectivity index (χ1n) is 8.56. The third kappa shape index (κ3) is 4.61. The van der Waals surface area contributed by atoms with Crippen molar-refractivity contribution in [2.24, 2.45) is 5.92 Å². The highest BCUT2D eigenvalue weighted by atomic mass is 32.2. The van der Waals surface area contributed by atoms with Crippen molar-refractivity contribution < 1.29 is 0 Å². The summed E-state index contributed by atoms with van der Waals surface area (Å²) < 4.78 is 0. The SMILES string of the molecule is CSc1ccc(CN2CCN(C[C@H]3CC=CCC3)CC2)cc1. The van der Waals surface area contributed by atoms with Crippen LogP contribution in [0.3, 0.4) is 0 Å². The predicted molar refractivity (Wildman–Crippen MR) is 96.4 cm³/mol. The molecule has 1 aromatic carbocycles. The Morgan fingerprint density at radius 2 is 1.73 bits per heavy atom. The standard InChI is InChI=1S/C19H28N2S/c1-22-19-9-7-18(8-10-19)16-21-13-11-20(12-14-21)15-17-5-3-2-4-6-17/h2-3,7-10,17H,4-6,11-16H2,1H3/t17-/m0/s1. The minimum absolute atomic E-state index is 0.899. The van der Waals surface area contributed by atoms with Gasteiger partial charge >= 0.3 is 0 Å². The number of nitrogens with zero attached hydrogens (tertiary/aromatic N) is 2. The lowest BCUT2D eigenvalue weighted by Gasteiger charge is -2.36. The molecule has 2 nitrogen and oxygen atoms in total. The van der Waals surface area contributed by atoms with Crippen molar-refractivity contribution in [3.8, 4) is 0 Å². The van der Waals surface area contributed by atoms with Gasteiger partial charge in [0.05, 0.1) is 0 Å². The van der Waals surface area contributed by atoms with Crippen molar-refractivity contribution in [1.82, 2.24) is 9.80 Å². The van der Waals surface area contributed by atoms with E-state index in [1.165, 1.54) is 62.4 Å². The van der Waals surface area contributed by atoms with Crippen LogP contribution in [-0.2, 0) is 6.54 Å². The summed E-state index contributed by atoms with van der Waals surface area (Å²) in [5.41, 5.74) is 1.45. The maximum Gasteiger partial charge on any atom is 0.0234 e. The minimum Gasteiger partial charge on any atom is -0.301 e. The third-order valence-electron chi connectivity index (χ3n) is 4.92. The molecule has 0 amide bonds. The molecule has 1 aliphatic heterocycles. The molecular formula is C19H28N2S. The van der Waals surface area contributed by atoms with E-state index < -0.39 is 0 Å². The second kappa shape index (κ2) is 8.19. The second-order valence-electron chi connectivity index (χ2n) is 6.58. The Balaban J connectivity index is 1.42. The molecule has 120 valence electrons. The van der Waals surface area contributed by atoms with Gasteiger partial charge in [-0.2, -0.15) is 0 Å². The monoisotopic (exact) mass is 316 g/mol. The van der Waals surface area contributed by atoms with Gasteiger partial charge in [0.25, 0.3) is 0 Å². The van der Waals surface area contributed by atoms with Crippen LogP contribution < -0.4 is 0 Å². The molecule has 1 heterocycles. The number of benzene rings is 1. The second-order valence-corrected chi connectivity index (χ2v) is 7.45. The number of allylic oxidation sites excluding steroid dienone is 2. The summed E-state index contributed by atoms with van der Waals surface area (Å²) in [7, 11) is 0. The van der Waals surface area contributed by atoms with Crippen molar-refractivity contribution in [2.45, 2.75) is 30.7 Å². The van der Waals surface area contributed by atoms with E-state index in [9.17, 15) is 0 Å². The topological polar surface area (TPSA) is 6.48 Å². The van der Waals surface area contributed by atoms with Crippen LogP contribution in [0.15, 0.2) is 41.3 Å². The van der Waals surface area contributed by atoms with Crippen molar-refractivity contribution in [2.75, 3.05) is 39.0 Å². The minimum atomic E-state index is 0.899. The first-order chi connectivity index (χ1) is 10.8. The molecule has 0 bridgehead atoms. The van der Waals surface area contributed by atoms with Crippen molar-refractivity contribution in [3.05, 3.63) is 42.0 Å². The Labute approximate surface area is 139 Å². The molecule has 3 heteroatoms. The van der Waals surface area contributed by atoms with Gasteiger partial charge in [-0.3, -0.25) is 4.90 Å². The lowest BCUT2D eigenvalue weighted by atomic mass is 9.94. The Morgan fingerprint density at radius 1 is 1.00 bits per heavy atom. The van der Waals surface area contributed by atoms with E-state index in [-0.39, 0.29) is 0 Å². The highest BCUT2D eigenvalue weighted by Crippen LogP contribution is 2.20. The van der Waals surface area contributed by atoms with E-state index in [1.54, 1.807) is 0 Å². The van der Waals surface area contributed by atoms with Crippen LogP contribution in [0.25, 0.3) is 0 Å². The molecule has 1 aromatic rings. The van der Waals surface area contributed by atoms with Crippen LogP contribution in [-0.4, -0.2) is 48.8 Å².